The lowest BCUT2D eigenvalue weighted by molar-refractivity contribution is -0.0696. The summed E-state index contributed by atoms with van der Waals surface area (Å²) in [6.07, 6.45) is -0.934. The van der Waals surface area contributed by atoms with Crippen LogP contribution in [0.1, 0.15) is 35.6 Å². The molecule has 0 unspecified atom stereocenters. The van der Waals surface area contributed by atoms with Crippen LogP contribution >= 0.6 is 0 Å². The number of halogens is 5. The Kier molecular flexibility index (Phi) is 7.12. The van der Waals surface area contributed by atoms with E-state index >= 15 is 0 Å². The second-order valence-corrected chi connectivity index (χ2v) is 7.33. The molecule has 0 saturated heterocycles. The van der Waals surface area contributed by atoms with Gasteiger partial charge in [0.05, 0.1) is 5.56 Å². The average molecular weight is 428 g/mol. The van der Waals surface area contributed by atoms with Gasteiger partial charge in [-0.1, -0.05) is 67.8 Å². The summed E-state index contributed by atoms with van der Waals surface area (Å²) in [5, 5.41) is 0. The zero-order chi connectivity index (χ0) is 22.4. The van der Waals surface area contributed by atoms with Gasteiger partial charge in [0.2, 0.25) is 0 Å². The minimum atomic E-state index is -4.81. The van der Waals surface area contributed by atoms with Gasteiger partial charge in [-0.15, -0.1) is 0 Å². The smallest absolute Gasteiger partial charge is 0.205 e. The van der Waals surface area contributed by atoms with Crippen LogP contribution in [0.2, 0.25) is 0 Å². The molecule has 3 aromatic rings. The van der Waals surface area contributed by atoms with Gasteiger partial charge >= 0.3 is 6.18 Å². The van der Waals surface area contributed by atoms with Gasteiger partial charge < -0.3 is 0 Å². The third kappa shape index (κ3) is 6.42. The molecular weight excluding hydrogens is 407 g/mol. The fourth-order valence-corrected chi connectivity index (χ4v) is 3.31. The van der Waals surface area contributed by atoms with Crippen molar-refractivity contribution >= 4 is 0 Å². The number of hydrogen-bond acceptors (Lipinski definition) is 0. The Labute approximate surface area is 178 Å². The summed E-state index contributed by atoms with van der Waals surface area (Å²) in [6, 6.07) is 17.8. The van der Waals surface area contributed by atoms with Crippen molar-refractivity contribution in [1.82, 2.24) is 0 Å². The predicted molar refractivity (Wildman–Crippen MR) is 113 cm³/mol. The standard InChI is InChI=1S/C26H21F5/c1-2-3-18-4-6-19(7-5-18)8-9-20-10-12-21(13-11-20)22-16-24(27)23(25(28)17-22)14-15-26(29,30)31/h4-7,10-13,16-17H,2-3,8-9H2,1H3. The second-order valence-electron chi connectivity index (χ2n) is 7.33. The van der Waals surface area contributed by atoms with Crippen LogP contribution in [0.3, 0.4) is 0 Å². The number of alkyl halides is 3. The van der Waals surface area contributed by atoms with Gasteiger partial charge in [-0.05, 0) is 59.2 Å². The lowest BCUT2D eigenvalue weighted by Gasteiger charge is -2.07. The molecule has 0 amide bonds. The molecule has 0 N–H and O–H groups in total. The van der Waals surface area contributed by atoms with E-state index in [1.807, 2.05) is 12.1 Å². The fraction of sp³-hybridized carbons (Fsp3) is 0.231. The van der Waals surface area contributed by atoms with Crippen LogP contribution in [0.25, 0.3) is 11.1 Å². The van der Waals surface area contributed by atoms with Crippen molar-refractivity contribution in [2.75, 3.05) is 0 Å². The molecule has 160 valence electrons. The van der Waals surface area contributed by atoms with Crippen molar-refractivity contribution in [3.05, 3.63) is 94.6 Å². The Morgan fingerprint density at radius 3 is 1.58 bits per heavy atom. The molecule has 0 spiro atoms. The third-order valence-corrected chi connectivity index (χ3v) is 4.92. The summed E-state index contributed by atoms with van der Waals surface area (Å²) < 4.78 is 64.8. The molecule has 5 heteroatoms. The maximum absolute atomic E-state index is 14.1. The first-order valence-corrected chi connectivity index (χ1v) is 10.0. The van der Waals surface area contributed by atoms with E-state index in [1.54, 1.807) is 12.1 Å². The number of hydrogen-bond donors (Lipinski definition) is 0. The summed E-state index contributed by atoms with van der Waals surface area (Å²) in [5.74, 6) is 0.174. The highest BCUT2D eigenvalue weighted by Crippen LogP contribution is 2.25. The van der Waals surface area contributed by atoms with Gasteiger partial charge in [-0.25, -0.2) is 8.78 Å². The van der Waals surface area contributed by atoms with Crippen LogP contribution in [-0.4, -0.2) is 6.18 Å². The zero-order valence-electron chi connectivity index (χ0n) is 17.0. The second kappa shape index (κ2) is 9.78. The van der Waals surface area contributed by atoms with E-state index in [-0.39, 0.29) is 5.56 Å². The Balaban J connectivity index is 1.70. The normalized spacial score (nSPS) is 11.2. The highest BCUT2D eigenvalue weighted by atomic mass is 19.4. The minimum absolute atomic E-state index is 0.241. The van der Waals surface area contributed by atoms with E-state index < -0.39 is 23.4 Å². The zero-order valence-corrected chi connectivity index (χ0v) is 17.0. The van der Waals surface area contributed by atoms with Gasteiger partial charge in [0.15, 0.2) is 0 Å². The van der Waals surface area contributed by atoms with Crippen molar-refractivity contribution in [3.8, 4) is 23.0 Å². The van der Waals surface area contributed by atoms with E-state index in [9.17, 15) is 22.0 Å². The fourth-order valence-electron chi connectivity index (χ4n) is 3.31. The number of aryl methyl sites for hydroxylation is 3. The molecule has 0 aliphatic heterocycles. The highest BCUT2D eigenvalue weighted by molar-refractivity contribution is 5.65. The Morgan fingerprint density at radius 2 is 1.13 bits per heavy atom. The van der Waals surface area contributed by atoms with Crippen LogP contribution < -0.4 is 0 Å². The molecule has 0 bridgehead atoms. The SMILES string of the molecule is CCCc1ccc(CCc2ccc(-c3cc(F)c(C#CC(F)(F)F)c(F)c3)cc2)cc1. The first-order chi connectivity index (χ1) is 14.7. The summed E-state index contributed by atoms with van der Waals surface area (Å²) in [7, 11) is 0. The molecule has 31 heavy (non-hydrogen) atoms. The van der Waals surface area contributed by atoms with Crippen LogP contribution in [0, 0.1) is 23.5 Å². The summed E-state index contributed by atoms with van der Waals surface area (Å²) in [6.45, 7) is 2.15. The molecule has 0 saturated carbocycles. The molecule has 0 fully saturated rings. The van der Waals surface area contributed by atoms with Crippen LogP contribution in [0.5, 0.6) is 0 Å². The van der Waals surface area contributed by atoms with Crippen LogP contribution in [0.15, 0.2) is 60.7 Å². The molecule has 3 rings (SSSR count). The molecule has 3 aromatic carbocycles. The van der Waals surface area contributed by atoms with Gasteiger partial charge in [-0.3, -0.25) is 0 Å². The van der Waals surface area contributed by atoms with Crippen molar-refractivity contribution in [2.45, 2.75) is 38.8 Å². The molecule has 0 heterocycles. The van der Waals surface area contributed by atoms with Crippen LogP contribution in [-0.2, 0) is 19.3 Å². The van der Waals surface area contributed by atoms with Gasteiger partial charge in [0.1, 0.15) is 11.6 Å². The summed E-state index contributed by atoms with van der Waals surface area (Å²) in [5.41, 5.74) is 3.57. The molecule has 0 nitrogen and oxygen atoms in total. The Morgan fingerprint density at radius 1 is 0.677 bits per heavy atom. The third-order valence-electron chi connectivity index (χ3n) is 4.92. The van der Waals surface area contributed by atoms with Crippen molar-refractivity contribution in [3.63, 3.8) is 0 Å². The van der Waals surface area contributed by atoms with Crippen LogP contribution in [0.4, 0.5) is 22.0 Å². The maximum atomic E-state index is 14.1. The number of benzene rings is 3. The average Bonchev–Trinajstić information content (AvgIpc) is 2.72. The van der Waals surface area contributed by atoms with Gasteiger partial charge in [0, 0.05) is 5.92 Å². The molecule has 0 aliphatic rings. The summed E-state index contributed by atoms with van der Waals surface area (Å²) >= 11 is 0. The first-order valence-electron chi connectivity index (χ1n) is 10.0. The number of rotatable bonds is 6. The molecule has 0 radical (unpaired) electrons. The predicted octanol–water partition coefficient (Wildman–Crippen LogP) is 7.28. The van der Waals surface area contributed by atoms with Crippen molar-refractivity contribution in [2.24, 2.45) is 0 Å². The van der Waals surface area contributed by atoms with E-state index in [0.717, 1.165) is 49.3 Å². The van der Waals surface area contributed by atoms with E-state index in [2.05, 4.69) is 31.2 Å². The van der Waals surface area contributed by atoms with Crippen molar-refractivity contribution in [1.29, 1.82) is 0 Å². The first kappa shape index (κ1) is 22.6. The summed E-state index contributed by atoms with van der Waals surface area (Å²) in [4.78, 5) is 0. The molecule has 0 aromatic heterocycles. The minimum Gasteiger partial charge on any atom is -0.205 e. The topological polar surface area (TPSA) is 0 Å². The lowest BCUT2D eigenvalue weighted by Crippen LogP contribution is -2.02. The molecule has 0 atom stereocenters. The quantitative estimate of drug-likeness (QED) is 0.286. The lowest BCUT2D eigenvalue weighted by atomic mass is 9.98. The Hall–Kier alpha value is -3.13. The van der Waals surface area contributed by atoms with E-state index in [1.165, 1.54) is 17.0 Å². The van der Waals surface area contributed by atoms with E-state index in [4.69, 9.17) is 0 Å². The van der Waals surface area contributed by atoms with E-state index in [0.29, 0.717) is 5.56 Å². The Bertz CT molecular complexity index is 1060. The largest absolute Gasteiger partial charge is 0.458 e. The maximum Gasteiger partial charge on any atom is 0.458 e. The highest BCUT2D eigenvalue weighted by Gasteiger charge is 2.23. The molecule has 0 aliphatic carbocycles. The molecular formula is C26H21F5. The monoisotopic (exact) mass is 428 g/mol. The van der Waals surface area contributed by atoms with Crippen molar-refractivity contribution < 1.29 is 22.0 Å². The van der Waals surface area contributed by atoms with Gasteiger partial charge in [-0.2, -0.15) is 13.2 Å². The van der Waals surface area contributed by atoms with Gasteiger partial charge in [0.25, 0.3) is 0 Å².